The average molecular weight is 570 g/mol. The topological polar surface area (TPSA) is 61.4 Å². The first kappa shape index (κ1) is 29.8. The average Bonchev–Trinajstić information content (AvgIpc) is 2.97. The highest BCUT2D eigenvalue weighted by Gasteiger charge is 2.40. The third kappa shape index (κ3) is 6.69. The monoisotopic (exact) mass is 569 g/mol. The number of aryl methyl sites for hydroxylation is 1. The summed E-state index contributed by atoms with van der Waals surface area (Å²) in [6.07, 6.45) is 7.45. The molecule has 0 radical (unpaired) electrons. The normalized spacial score (nSPS) is 19.8. The first-order valence-electron chi connectivity index (χ1n) is 15.5. The lowest BCUT2D eigenvalue weighted by molar-refractivity contribution is -0.123. The van der Waals surface area contributed by atoms with Crippen LogP contribution in [0.4, 0.5) is 15.8 Å². The van der Waals surface area contributed by atoms with Crippen LogP contribution < -0.4 is 10.6 Å². The minimum absolute atomic E-state index is 0.0532. The molecule has 2 atom stereocenters. The second-order valence-corrected chi connectivity index (χ2v) is 13.0. The van der Waals surface area contributed by atoms with Gasteiger partial charge in [0.2, 0.25) is 5.91 Å². The maximum Gasteiger partial charge on any atom is 0.257 e. The molecular weight excluding hydrogens is 525 g/mol. The van der Waals surface area contributed by atoms with Crippen LogP contribution in [0.5, 0.6) is 0 Å². The Hall–Kier alpha value is -3.67. The highest BCUT2D eigenvalue weighted by Crippen LogP contribution is 2.39. The van der Waals surface area contributed by atoms with Gasteiger partial charge in [0.05, 0.1) is 17.5 Å². The van der Waals surface area contributed by atoms with E-state index in [1.165, 1.54) is 38.2 Å². The Labute approximate surface area is 249 Å². The Balaban J connectivity index is 1.46. The maximum atomic E-state index is 15.0. The number of halogens is 1. The highest BCUT2D eigenvalue weighted by molar-refractivity contribution is 5.98. The Morgan fingerprint density at radius 2 is 1.57 bits per heavy atom. The van der Waals surface area contributed by atoms with Crippen LogP contribution in [0.1, 0.15) is 98.8 Å². The number of benzene rings is 3. The molecule has 6 heteroatoms. The Bertz CT molecular complexity index is 1390. The van der Waals surface area contributed by atoms with E-state index in [0.29, 0.717) is 31.0 Å². The molecule has 1 aliphatic carbocycles. The minimum Gasteiger partial charge on any atom is -0.382 e. The Kier molecular flexibility index (Phi) is 9.00. The van der Waals surface area contributed by atoms with Crippen LogP contribution in [0, 0.1) is 18.7 Å². The van der Waals surface area contributed by atoms with Gasteiger partial charge in [0.1, 0.15) is 5.82 Å². The number of piperidine rings is 1. The smallest absolute Gasteiger partial charge is 0.257 e. The van der Waals surface area contributed by atoms with Crippen molar-refractivity contribution in [2.24, 2.45) is 5.92 Å². The van der Waals surface area contributed by atoms with Crippen molar-refractivity contribution in [1.29, 1.82) is 0 Å². The quantitative estimate of drug-likeness (QED) is 0.313. The molecule has 3 aromatic rings. The van der Waals surface area contributed by atoms with E-state index in [1.54, 1.807) is 24.0 Å². The maximum absolute atomic E-state index is 15.0. The van der Waals surface area contributed by atoms with Gasteiger partial charge in [-0.25, -0.2) is 4.39 Å². The molecule has 2 aliphatic rings. The van der Waals surface area contributed by atoms with Crippen molar-refractivity contribution in [3.8, 4) is 0 Å². The van der Waals surface area contributed by atoms with E-state index in [4.69, 9.17) is 0 Å². The molecule has 0 bridgehead atoms. The van der Waals surface area contributed by atoms with Crippen LogP contribution in [-0.4, -0.2) is 29.3 Å². The van der Waals surface area contributed by atoms with Gasteiger partial charge in [-0.2, -0.15) is 0 Å². The summed E-state index contributed by atoms with van der Waals surface area (Å²) in [5.41, 5.74) is 4.43. The molecule has 1 saturated heterocycles. The lowest BCUT2D eigenvalue weighted by atomic mass is 9.83. The number of rotatable bonds is 6. The summed E-state index contributed by atoms with van der Waals surface area (Å²) >= 11 is 0. The lowest BCUT2D eigenvalue weighted by Crippen LogP contribution is -2.46. The summed E-state index contributed by atoms with van der Waals surface area (Å²) in [7, 11) is 0. The summed E-state index contributed by atoms with van der Waals surface area (Å²) in [6, 6.07) is 20.8. The second-order valence-electron chi connectivity index (χ2n) is 13.0. The van der Waals surface area contributed by atoms with Crippen molar-refractivity contribution in [1.82, 2.24) is 4.90 Å². The summed E-state index contributed by atoms with van der Waals surface area (Å²) in [4.78, 5) is 29.6. The van der Waals surface area contributed by atoms with E-state index in [9.17, 15) is 9.59 Å². The third-order valence-electron chi connectivity index (χ3n) is 8.89. The van der Waals surface area contributed by atoms with Crippen molar-refractivity contribution >= 4 is 23.2 Å². The summed E-state index contributed by atoms with van der Waals surface area (Å²) in [5.74, 6) is -1.51. The van der Waals surface area contributed by atoms with Crippen molar-refractivity contribution < 1.29 is 14.0 Å². The number of amides is 2. The number of carbonyl (C=O) groups excluding carboxylic acids is 2. The van der Waals surface area contributed by atoms with Gasteiger partial charge in [0.15, 0.2) is 0 Å². The molecule has 5 rings (SSSR count). The van der Waals surface area contributed by atoms with Gasteiger partial charge < -0.3 is 15.5 Å². The van der Waals surface area contributed by atoms with Crippen molar-refractivity contribution in [2.75, 3.05) is 17.2 Å². The summed E-state index contributed by atoms with van der Waals surface area (Å²) in [5, 5.41) is 6.81. The van der Waals surface area contributed by atoms with E-state index in [-0.39, 0.29) is 22.8 Å². The number of carbonyl (C=O) groups is 2. The highest BCUT2D eigenvalue weighted by atomic mass is 19.1. The van der Waals surface area contributed by atoms with E-state index in [2.05, 4.69) is 49.6 Å². The molecule has 2 N–H and O–H groups in total. The molecule has 42 heavy (non-hydrogen) atoms. The van der Waals surface area contributed by atoms with Gasteiger partial charge in [-0.15, -0.1) is 0 Å². The van der Waals surface area contributed by atoms with Gasteiger partial charge in [-0.05, 0) is 85.0 Å². The fourth-order valence-electron chi connectivity index (χ4n) is 6.51. The standard InChI is InChI=1S/C36H44FN3O2/c1-24-11-8-17-31(37)32(24)35(42)40-22-10-16-30(34(41)39-29-15-9-12-26(23-29)36(2,3)4)33(40)25-18-20-28(21-19-25)38-27-13-6-5-7-14-27/h8-9,11-12,15,17-21,23,27,30,33,38H,5-7,10,13-14,16,22H2,1-4H3,(H,39,41)/t30-,33-/m0/s1. The molecule has 3 aromatic carbocycles. The molecule has 2 fully saturated rings. The first-order valence-corrected chi connectivity index (χ1v) is 15.5. The zero-order chi connectivity index (χ0) is 29.9. The van der Waals surface area contributed by atoms with E-state index in [1.807, 2.05) is 30.3 Å². The Morgan fingerprint density at radius 1 is 0.857 bits per heavy atom. The molecule has 222 valence electrons. The molecule has 1 aliphatic heterocycles. The van der Waals surface area contributed by atoms with Gasteiger partial charge in [-0.1, -0.05) is 76.4 Å². The lowest BCUT2D eigenvalue weighted by Gasteiger charge is -2.41. The zero-order valence-corrected chi connectivity index (χ0v) is 25.4. The zero-order valence-electron chi connectivity index (χ0n) is 25.4. The van der Waals surface area contributed by atoms with Crippen LogP contribution >= 0.6 is 0 Å². The number of nitrogens with zero attached hydrogens (tertiary/aromatic N) is 1. The number of likely N-dealkylation sites (tertiary alicyclic amines) is 1. The van der Waals surface area contributed by atoms with Crippen LogP contribution in [-0.2, 0) is 10.2 Å². The predicted molar refractivity (Wildman–Crippen MR) is 168 cm³/mol. The summed E-state index contributed by atoms with van der Waals surface area (Å²) < 4.78 is 15.0. The molecule has 1 saturated carbocycles. The molecule has 2 amide bonds. The number of anilines is 2. The van der Waals surface area contributed by atoms with Crippen molar-refractivity contribution in [2.45, 2.75) is 90.1 Å². The largest absolute Gasteiger partial charge is 0.382 e. The SMILES string of the molecule is Cc1cccc(F)c1C(=O)N1CCC[C@H](C(=O)Nc2cccc(C(C)(C)C)c2)[C@@H]1c1ccc(NC2CCCCC2)cc1. The van der Waals surface area contributed by atoms with E-state index in [0.717, 1.165) is 22.5 Å². The number of nitrogens with one attached hydrogen (secondary N) is 2. The van der Waals surface area contributed by atoms with Crippen molar-refractivity contribution in [3.05, 3.63) is 94.8 Å². The van der Waals surface area contributed by atoms with E-state index >= 15 is 4.39 Å². The molecular formula is C36H44FN3O2. The van der Waals surface area contributed by atoms with Gasteiger partial charge in [0, 0.05) is 24.0 Å². The molecule has 5 nitrogen and oxygen atoms in total. The fraction of sp³-hybridized carbons (Fsp3) is 0.444. The van der Waals surface area contributed by atoms with Crippen LogP contribution in [0.2, 0.25) is 0 Å². The second kappa shape index (κ2) is 12.7. The van der Waals surface area contributed by atoms with Gasteiger partial charge in [-0.3, -0.25) is 9.59 Å². The van der Waals surface area contributed by atoms with Crippen molar-refractivity contribution in [3.63, 3.8) is 0 Å². The molecule has 0 spiro atoms. The van der Waals surface area contributed by atoms with Crippen LogP contribution in [0.15, 0.2) is 66.7 Å². The molecule has 0 aromatic heterocycles. The first-order chi connectivity index (χ1) is 20.1. The molecule has 0 unspecified atom stereocenters. The fourth-order valence-corrected chi connectivity index (χ4v) is 6.51. The predicted octanol–water partition coefficient (Wildman–Crippen LogP) is 8.41. The van der Waals surface area contributed by atoms with Gasteiger partial charge >= 0.3 is 0 Å². The van der Waals surface area contributed by atoms with Crippen LogP contribution in [0.25, 0.3) is 0 Å². The van der Waals surface area contributed by atoms with Crippen LogP contribution in [0.3, 0.4) is 0 Å². The minimum atomic E-state index is -0.531. The van der Waals surface area contributed by atoms with Gasteiger partial charge in [0.25, 0.3) is 5.91 Å². The molecule has 1 heterocycles. The number of hydrogen-bond donors (Lipinski definition) is 2. The third-order valence-corrected chi connectivity index (χ3v) is 8.89. The number of hydrogen-bond acceptors (Lipinski definition) is 3. The summed E-state index contributed by atoms with van der Waals surface area (Å²) in [6.45, 7) is 8.65. The Morgan fingerprint density at radius 3 is 2.26 bits per heavy atom. The van der Waals surface area contributed by atoms with E-state index < -0.39 is 17.8 Å².